The van der Waals surface area contributed by atoms with Crippen molar-refractivity contribution < 1.29 is 4.74 Å². The predicted octanol–water partition coefficient (Wildman–Crippen LogP) is 3.60. The molecule has 0 aliphatic carbocycles. The van der Waals surface area contributed by atoms with Crippen LogP contribution in [0.4, 0.5) is 0 Å². The summed E-state index contributed by atoms with van der Waals surface area (Å²) in [6.07, 6.45) is 5.24. The van der Waals surface area contributed by atoms with Gasteiger partial charge in [0.25, 0.3) is 0 Å². The Balaban J connectivity index is 1.79. The Morgan fingerprint density at radius 1 is 1.33 bits per heavy atom. The van der Waals surface area contributed by atoms with Crippen molar-refractivity contribution >= 4 is 0 Å². The van der Waals surface area contributed by atoms with E-state index in [1.807, 2.05) is 0 Å². The Bertz CT molecular complexity index is 341. The first-order chi connectivity index (χ1) is 8.79. The molecule has 1 aromatic rings. The molecule has 18 heavy (non-hydrogen) atoms. The van der Waals surface area contributed by atoms with Gasteiger partial charge in [0.1, 0.15) is 0 Å². The van der Waals surface area contributed by atoms with Crippen molar-refractivity contribution in [3.63, 3.8) is 0 Å². The molecular formula is C16H25NO. The highest BCUT2D eigenvalue weighted by atomic mass is 16.5. The van der Waals surface area contributed by atoms with Crippen molar-refractivity contribution in [2.45, 2.75) is 51.7 Å². The number of benzene rings is 1. The van der Waals surface area contributed by atoms with Gasteiger partial charge in [-0.3, -0.25) is 0 Å². The number of aryl methyl sites for hydroxylation is 1. The molecule has 0 bridgehead atoms. The number of ether oxygens (including phenoxy) is 1. The summed E-state index contributed by atoms with van der Waals surface area (Å²) in [4.78, 5) is 0. The highest BCUT2D eigenvalue weighted by molar-refractivity contribution is 5.24. The number of rotatable bonds is 6. The third-order valence-corrected chi connectivity index (χ3v) is 3.77. The standard InChI is InChI=1S/C16H25NO/c1-3-16(14-8-6-13(2)7-9-14)17-11-10-15-5-4-12-18-15/h6-9,15-17H,3-5,10-12H2,1-2H3. The molecule has 0 amide bonds. The molecule has 0 aromatic heterocycles. The maximum Gasteiger partial charge on any atom is 0.0588 e. The van der Waals surface area contributed by atoms with Crippen LogP contribution in [0.1, 0.15) is 49.8 Å². The average molecular weight is 247 g/mol. The van der Waals surface area contributed by atoms with Crippen LogP contribution >= 0.6 is 0 Å². The first kappa shape index (κ1) is 13.6. The van der Waals surface area contributed by atoms with E-state index in [1.165, 1.54) is 24.0 Å². The van der Waals surface area contributed by atoms with Gasteiger partial charge in [0.05, 0.1) is 6.10 Å². The molecule has 100 valence electrons. The summed E-state index contributed by atoms with van der Waals surface area (Å²) < 4.78 is 5.65. The molecule has 2 unspecified atom stereocenters. The second-order valence-electron chi connectivity index (χ2n) is 5.25. The number of hydrogen-bond donors (Lipinski definition) is 1. The van der Waals surface area contributed by atoms with Gasteiger partial charge in [-0.2, -0.15) is 0 Å². The van der Waals surface area contributed by atoms with Crippen LogP contribution in [-0.4, -0.2) is 19.3 Å². The van der Waals surface area contributed by atoms with Crippen LogP contribution in [0.25, 0.3) is 0 Å². The molecule has 2 rings (SSSR count). The smallest absolute Gasteiger partial charge is 0.0588 e. The van der Waals surface area contributed by atoms with Gasteiger partial charge in [0.2, 0.25) is 0 Å². The average Bonchev–Trinajstić information content (AvgIpc) is 2.89. The van der Waals surface area contributed by atoms with Gasteiger partial charge < -0.3 is 10.1 Å². The topological polar surface area (TPSA) is 21.3 Å². The second-order valence-corrected chi connectivity index (χ2v) is 5.25. The minimum Gasteiger partial charge on any atom is -0.378 e. The SMILES string of the molecule is CCC(NCCC1CCCO1)c1ccc(C)cc1. The van der Waals surface area contributed by atoms with E-state index in [9.17, 15) is 0 Å². The van der Waals surface area contributed by atoms with E-state index < -0.39 is 0 Å². The Hall–Kier alpha value is -0.860. The third-order valence-electron chi connectivity index (χ3n) is 3.77. The predicted molar refractivity (Wildman–Crippen MR) is 75.8 cm³/mol. The van der Waals surface area contributed by atoms with E-state index in [0.29, 0.717) is 12.1 Å². The van der Waals surface area contributed by atoms with Crippen molar-refractivity contribution in [1.82, 2.24) is 5.32 Å². The largest absolute Gasteiger partial charge is 0.378 e. The van der Waals surface area contributed by atoms with E-state index in [2.05, 4.69) is 43.4 Å². The fraction of sp³-hybridized carbons (Fsp3) is 0.625. The van der Waals surface area contributed by atoms with Crippen LogP contribution in [0, 0.1) is 6.92 Å². The molecule has 2 heteroatoms. The molecule has 2 atom stereocenters. The zero-order chi connectivity index (χ0) is 12.8. The zero-order valence-electron chi connectivity index (χ0n) is 11.6. The Morgan fingerprint density at radius 2 is 2.11 bits per heavy atom. The molecule has 1 aliphatic rings. The maximum atomic E-state index is 5.65. The van der Waals surface area contributed by atoms with Crippen molar-refractivity contribution in [3.05, 3.63) is 35.4 Å². The molecule has 1 saturated heterocycles. The molecule has 1 N–H and O–H groups in total. The maximum absolute atomic E-state index is 5.65. The summed E-state index contributed by atoms with van der Waals surface area (Å²) in [7, 11) is 0. The van der Waals surface area contributed by atoms with Gasteiger partial charge in [-0.25, -0.2) is 0 Å². The van der Waals surface area contributed by atoms with Gasteiger partial charge in [-0.05, 0) is 44.7 Å². The molecule has 2 nitrogen and oxygen atoms in total. The van der Waals surface area contributed by atoms with E-state index in [0.717, 1.165) is 26.0 Å². The van der Waals surface area contributed by atoms with Gasteiger partial charge >= 0.3 is 0 Å². The van der Waals surface area contributed by atoms with Crippen LogP contribution in [0.2, 0.25) is 0 Å². The molecule has 0 saturated carbocycles. The van der Waals surface area contributed by atoms with Gasteiger partial charge in [-0.1, -0.05) is 36.8 Å². The lowest BCUT2D eigenvalue weighted by atomic mass is 10.0. The van der Waals surface area contributed by atoms with E-state index in [1.54, 1.807) is 0 Å². The van der Waals surface area contributed by atoms with E-state index in [-0.39, 0.29) is 0 Å². The molecule has 1 heterocycles. The van der Waals surface area contributed by atoms with Crippen LogP contribution in [-0.2, 0) is 4.74 Å². The first-order valence-corrected chi connectivity index (χ1v) is 7.21. The third kappa shape index (κ3) is 3.82. The molecule has 1 fully saturated rings. The Labute approximate surface area is 111 Å². The summed E-state index contributed by atoms with van der Waals surface area (Å²) in [5, 5.41) is 3.65. The minimum atomic E-state index is 0.479. The molecule has 0 spiro atoms. The summed E-state index contributed by atoms with van der Waals surface area (Å²) >= 11 is 0. The fourth-order valence-corrected chi connectivity index (χ4v) is 2.59. The zero-order valence-corrected chi connectivity index (χ0v) is 11.6. The van der Waals surface area contributed by atoms with Crippen molar-refractivity contribution in [2.24, 2.45) is 0 Å². The van der Waals surface area contributed by atoms with E-state index in [4.69, 9.17) is 4.74 Å². The number of nitrogens with one attached hydrogen (secondary N) is 1. The van der Waals surface area contributed by atoms with Crippen molar-refractivity contribution in [1.29, 1.82) is 0 Å². The molecule has 1 aromatic carbocycles. The van der Waals surface area contributed by atoms with Crippen LogP contribution < -0.4 is 5.32 Å². The summed E-state index contributed by atoms with van der Waals surface area (Å²) in [5.74, 6) is 0. The Kier molecular flexibility index (Phi) is 5.21. The highest BCUT2D eigenvalue weighted by Crippen LogP contribution is 2.18. The summed E-state index contributed by atoms with van der Waals surface area (Å²) in [6, 6.07) is 9.34. The quantitative estimate of drug-likeness (QED) is 0.829. The lowest BCUT2D eigenvalue weighted by Gasteiger charge is -2.19. The van der Waals surface area contributed by atoms with Crippen LogP contribution in [0.3, 0.4) is 0 Å². The lowest BCUT2D eigenvalue weighted by molar-refractivity contribution is 0.103. The van der Waals surface area contributed by atoms with Crippen molar-refractivity contribution in [2.75, 3.05) is 13.2 Å². The highest BCUT2D eigenvalue weighted by Gasteiger charge is 2.15. The monoisotopic (exact) mass is 247 g/mol. The van der Waals surface area contributed by atoms with Gasteiger partial charge in [0.15, 0.2) is 0 Å². The lowest BCUT2D eigenvalue weighted by Crippen LogP contribution is -2.24. The molecule has 1 aliphatic heterocycles. The van der Waals surface area contributed by atoms with Gasteiger partial charge in [0, 0.05) is 12.6 Å². The van der Waals surface area contributed by atoms with Gasteiger partial charge in [-0.15, -0.1) is 0 Å². The molecular weight excluding hydrogens is 222 g/mol. The van der Waals surface area contributed by atoms with Crippen LogP contribution in [0.15, 0.2) is 24.3 Å². The number of hydrogen-bond acceptors (Lipinski definition) is 2. The van der Waals surface area contributed by atoms with Crippen molar-refractivity contribution in [3.8, 4) is 0 Å². The molecule has 0 radical (unpaired) electrons. The van der Waals surface area contributed by atoms with Crippen LogP contribution in [0.5, 0.6) is 0 Å². The normalized spacial score (nSPS) is 21.1. The van der Waals surface area contributed by atoms with E-state index >= 15 is 0 Å². The second kappa shape index (κ2) is 6.91. The fourth-order valence-electron chi connectivity index (χ4n) is 2.59. The minimum absolute atomic E-state index is 0.479. The summed E-state index contributed by atoms with van der Waals surface area (Å²) in [5.41, 5.74) is 2.73. The Morgan fingerprint density at radius 3 is 2.72 bits per heavy atom. The summed E-state index contributed by atoms with van der Waals surface area (Å²) in [6.45, 7) is 6.38. The first-order valence-electron chi connectivity index (χ1n) is 7.21.